The summed E-state index contributed by atoms with van der Waals surface area (Å²) < 4.78 is 0. The predicted molar refractivity (Wildman–Crippen MR) is 66.4 cm³/mol. The van der Waals surface area contributed by atoms with E-state index in [1.54, 1.807) is 0 Å². The topological polar surface area (TPSA) is 17.1 Å². The third-order valence-corrected chi connectivity index (χ3v) is 3.69. The molecule has 1 aliphatic carbocycles. The Morgan fingerprint density at radius 2 is 1.88 bits per heavy atom. The molecule has 86 valence electrons. The van der Waals surface area contributed by atoms with E-state index < -0.39 is 0 Å². The van der Waals surface area contributed by atoms with Crippen LogP contribution in [0.3, 0.4) is 0 Å². The molecule has 1 saturated carbocycles. The van der Waals surface area contributed by atoms with Crippen LogP contribution in [0.1, 0.15) is 37.3 Å². The molecule has 0 spiro atoms. The van der Waals surface area contributed by atoms with E-state index in [0.29, 0.717) is 17.6 Å². The molecule has 0 heterocycles. The summed E-state index contributed by atoms with van der Waals surface area (Å²) in [6.45, 7) is 4.17. The van der Waals surface area contributed by atoms with Crippen LogP contribution in [0, 0.1) is 18.8 Å². The molecular weight excluding hydrogens is 196 g/mol. The van der Waals surface area contributed by atoms with Gasteiger partial charge in [0.1, 0.15) is 5.78 Å². The summed E-state index contributed by atoms with van der Waals surface area (Å²) in [5.41, 5.74) is 2.68. The van der Waals surface area contributed by atoms with Crippen LogP contribution in [0.5, 0.6) is 0 Å². The van der Waals surface area contributed by atoms with Gasteiger partial charge in [0.15, 0.2) is 0 Å². The number of carbonyl (C=O) groups excluding carboxylic acids is 1. The number of carbonyl (C=O) groups is 1. The number of benzene rings is 1. The maximum Gasteiger partial charge on any atom is 0.135 e. The van der Waals surface area contributed by atoms with Crippen molar-refractivity contribution in [2.24, 2.45) is 11.8 Å². The van der Waals surface area contributed by atoms with Crippen LogP contribution in [-0.4, -0.2) is 5.78 Å². The second-order valence-corrected chi connectivity index (χ2v) is 5.20. The van der Waals surface area contributed by atoms with Gasteiger partial charge in [-0.1, -0.05) is 36.8 Å². The van der Waals surface area contributed by atoms with E-state index in [1.165, 1.54) is 17.5 Å². The van der Waals surface area contributed by atoms with Gasteiger partial charge < -0.3 is 0 Å². The van der Waals surface area contributed by atoms with Crippen LogP contribution in [0.15, 0.2) is 24.3 Å². The second-order valence-electron chi connectivity index (χ2n) is 5.20. The van der Waals surface area contributed by atoms with Gasteiger partial charge in [0.25, 0.3) is 0 Å². The van der Waals surface area contributed by atoms with Crippen LogP contribution in [0.25, 0.3) is 0 Å². The number of rotatable bonds is 2. The molecule has 16 heavy (non-hydrogen) atoms. The van der Waals surface area contributed by atoms with Crippen LogP contribution >= 0.6 is 0 Å². The normalized spacial score (nSPS) is 25.8. The van der Waals surface area contributed by atoms with E-state index in [-0.39, 0.29) is 0 Å². The molecule has 0 radical (unpaired) electrons. The minimum absolute atomic E-state index is 0.300. The van der Waals surface area contributed by atoms with E-state index in [9.17, 15) is 4.79 Å². The third-order valence-electron chi connectivity index (χ3n) is 3.69. The van der Waals surface area contributed by atoms with Gasteiger partial charge in [-0.15, -0.1) is 0 Å². The third kappa shape index (κ3) is 2.72. The van der Waals surface area contributed by atoms with Gasteiger partial charge in [0, 0.05) is 12.3 Å². The molecule has 2 rings (SSSR count). The predicted octanol–water partition coefficient (Wildman–Crippen LogP) is 3.54. The lowest BCUT2D eigenvalue weighted by atomic mass is 9.79. The first-order valence-electron chi connectivity index (χ1n) is 6.23. The number of ketones is 1. The van der Waals surface area contributed by atoms with E-state index in [4.69, 9.17) is 0 Å². The number of hydrogen-bond donors (Lipinski definition) is 0. The zero-order valence-corrected chi connectivity index (χ0v) is 10.2. The first-order valence-corrected chi connectivity index (χ1v) is 6.23. The number of aryl methyl sites for hydroxylation is 1. The van der Waals surface area contributed by atoms with Crippen molar-refractivity contribution in [1.82, 2.24) is 0 Å². The quantitative estimate of drug-likeness (QED) is 0.739. The number of hydrogen-bond acceptors (Lipinski definition) is 1. The molecule has 1 aromatic rings. The molecule has 1 fully saturated rings. The molecule has 1 aliphatic rings. The van der Waals surface area contributed by atoms with Gasteiger partial charge in [-0.3, -0.25) is 4.79 Å². The fourth-order valence-electron chi connectivity index (χ4n) is 2.47. The lowest BCUT2D eigenvalue weighted by Gasteiger charge is -2.25. The van der Waals surface area contributed by atoms with Crippen molar-refractivity contribution in [2.75, 3.05) is 0 Å². The van der Waals surface area contributed by atoms with Crippen LogP contribution in [0.2, 0.25) is 0 Å². The van der Waals surface area contributed by atoms with Crippen LogP contribution in [-0.2, 0) is 11.2 Å². The highest BCUT2D eigenvalue weighted by Gasteiger charge is 2.25. The Balaban J connectivity index is 1.95. The highest BCUT2D eigenvalue weighted by Crippen LogP contribution is 2.28. The average Bonchev–Trinajstić information content (AvgIpc) is 2.27. The van der Waals surface area contributed by atoms with Crippen LogP contribution < -0.4 is 0 Å². The molecule has 1 unspecified atom stereocenters. The average molecular weight is 216 g/mol. The molecule has 0 aromatic heterocycles. The van der Waals surface area contributed by atoms with Crippen molar-refractivity contribution in [3.8, 4) is 0 Å². The van der Waals surface area contributed by atoms with Crippen molar-refractivity contribution in [2.45, 2.75) is 39.5 Å². The Morgan fingerprint density at radius 1 is 1.19 bits per heavy atom. The van der Waals surface area contributed by atoms with Gasteiger partial charge in [-0.05, 0) is 37.7 Å². The van der Waals surface area contributed by atoms with E-state index in [2.05, 4.69) is 38.1 Å². The van der Waals surface area contributed by atoms with E-state index >= 15 is 0 Å². The fraction of sp³-hybridized carbons (Fsp3) is 0.533. The van der Waals surface area contributed by atoms with Crippen molar-refractivity contribution in [3.63, 3.8) is 0 Å². The zero-order chi connectivity index (χ0) is 11.5. The molecule has 0 N–H and O–H groups in total. The Hall–Kier alpha value is -1.11. The zero-order valence-electron chi connectivity index (χ0n) is 10.2. The van der Waals surface area contributed by atoms with Gasteiger partial charge in [0.05, 0.1) is 0 Å². The summed E-state index contributed by atoms with van der Waals surface area (Å²) in [6, 6.07) is 8.70. The first kappa shape index (κ1) is 11.4. The van der Waals surface area contributed by atoms with Crippen LogP contribution in [0.4, 0.5) is 0 Å². The Morgan fingerprint density at radius 3 is 2.50 bits per heavy atom. The Labute approximate surface area is 97.9 Å². The summed E-state index contributed by atoms with van der Waals surface area (Å²) in [5, 5.41) is 0. The molecule has 0 amide bonds. The smallest absolute Gasteiger partial charge is 0.135 e. The highest BCUT2D eigenvalue weighted by atomic mass is 16.1. The monoisotopic (exact) mass is 216 g/mol. The molecule has 1 aromatic carbocycles. The summed E-state index contributed by atoms with van der Waals surface area (Å²) in [6.07, 6.45) is 4.14. The highest BCUT2D eigenvalue weighted by molar-refractivity contribution is 5.81. The van der Waals surface area contributed by atoms with E-state index in [1.807, 2.05) is 0 Å². The summed E-state index contributed by atoms with van der Waals surface area (Å²) in [4.78, 5) is 11.6. The fourth-order valence-corrected chi connectivity index (χ4v) is 2.47. The number of Topliss-reactive ketones (excluding diaryl/α,β-unsaturated/α-hetero) is 1. The second kappa shape index (κ2) is 4.82. The molecule has 0 bridgehead atoms. The standard InChI is InChI=1S/C15H20O/c1-11-3-6-13(7-4-11)9-14-8-5-12(2)15(16)10-14/h3-4,6-7,12,14H,5,8-10H2,1-2H3/t12-,14?/m0/s1. The van der Waals surface area contributed by atoms with Gasteiger partial charge in [0.2, 0.25) is 0 Å². The largest absolute Gasteiger partial charge is 0.299 e. The summed E-state index contributed by atoms with van der Waals surface area (Å²) >= 11 is 0. The maximum absolute atomic E-state index is 11.6. The molecule has 0 saturated heterocycles. The van der Waals surface area contributed by atoms with Gasteiger partial charge >= 0.3 is 0 Å². The van der Waals surface area contributed by atoms with Crippen molar-refractivity contribution in [3.05, 3.63) is 35.4 Å². The van der Waals surface area contributed by atoms with Crippen molar-refractivity contribution < 1.29 is 4.79 Å². The first-order chi connectivity index (χ1) is 7.65. The van der Waals surface area contributed by atoms with Gasteiger partial charge in [-0.2, -0.15) is 0 Å². The maximum atomic E-state index is 11.6. The van der Waals surface area contributed by atoms with E-state index in [0.717, 1.165) is 19.3 Å². The lowest BCUT2D eigenvalue weighted by molar-refractivity contribution is -0.125. The molecule has 1 nitrogen and oxygen atoms in total. The minimum atomic E-state index is 0.300. The molecular formula is C15H20O. The molecule has 1 heteroatoms. The lowest BCUT2D eigenvalue weighted by Crippen LogP contribution is -2.23. The van der Waals surface area contributed by atoms with Crippen molar-refractivity contribution >= 4 is 5.78 Å². The van der Waals surface area contributed by atoms with Crippen molar-refractivity contribution in [1.29, 1.82) is 0 Å². The Bertz CT molecular complexity index is 364. The molecule has 2 atom stereocenters. The summed E-state index contributed by atoms with van der Waals surface area (Å²) in [7, 11) is 0. The SMILES string of the molecule is Cc1ccc(CC2CC[C@H](C)C(=O)C2)cc1. The summed E-state index contributed by atoms with van der Waals surface area (Å²) in [5.74, 6) is 1.34. The minimum Gasteiger partial charge on any atom is -0.299 e. The Kier molecular flexibility index (Phi) is 3.42. The molecule has 0 aliphatic heterocycles. The van der Waals surface area contributed by atoms with Gasteiger partial charge in [-0.25, -0.2) is 0 Å².